The summed E-state index contributed by atoms with van der Waals surface area (Å²) >= 11 is 0. The first-order valence-corrected chi connectivity index (χ1v) is 5.45. The van der Waals surface area contributed by atoms with Crippen molar-refractivity contribution in [2.45, 2.75) is 25.8 Å². The van der Waals surface area contributed by atoms with Gasteiger partial charge in [-0.15, -0.1) is 0 Å². The van der Waals surface area contributed by atoms with E-state index in [0.717, 1.165) is 26.2 Å². The number of likely N-dealkylation sites (N-methyl/N-ethyl adjacent to an activating group) is 1. The van der Waals surface area contributed by atoms with Crippen LogP contribution in [-0.4, -0.2) is 50.7 Å². The molecule has 1 saturated heterocycles. The quantitative estimate of drug-likeness (QED) is 0.644. The molecule has 78 valence electrons. The van der Waals surface area contributed by atoms with Crippen LogP contribution in [0.15, 0.2) is 0 Å². The van der Waals surface area contributed by atoms with Gasteiger partial charge in [-0.05, 0) is 33.0 Å². The van der Waals surface area contributed by atoms with E-state index in [2.05, 4.69) is 29.5 Å². The van der Waals surface area contributed by atoms with Crippen LogP contribution in [0.3, 0.4) is 0 Å². The Kier molecular flexibility index (Phi) is 5.35. The fraction of sp³-hybridized carbons (Fsp3) is 1.00. The van der Waals surface area contributed by atoms with Crippen LogP contribution in [0.4, 0.5) is 0 Å². The van der Waals surface area contributed by atoms with Gasteiger partial charge >= 0.3 is 0 Å². The fourth-order valence-electron chi connectivity index (χ4n) is 1.64. The third-order valence-electron chi connectivity index (χ3n) is 2.76. The van der Waals surface area contributed by atoms with Crippen LogP contribution in [0.5, 0.6) is 0 Å². The maximum atomic E-state index is 3.58. The molecule has 0 aromatic heterocycles. The summed E-state index contributed by atoms with van der Waals surface area (Å²) in [7, 11) is 2.17. The van der Waals surface area contributed by atoms with Crippen molar-refractivity contribution in [3.8, 4) is 0 Å². The van der Waals surface area contributed by atoms with Crippen molar-refractivity contribution in [3.05, 3.63) is 0 Å². The van der Waals surface area contributed by atoms with Crippen molar-refractivity contribution >= 4 is 0 Å². The van der Waals surface area contributed by atoms with E-state index < -0.39 is 0 Å². The third kappa shape index (κ3) is 4.60. The van der Waals surface area contributed by atoms with Gasteiger partial charge in [0.1, 0.15) is 0 Å². The van der Waals surface area contributed by atoms with E-state index in [0.29, 0.717) is 6.04 Å². The molecule has 0 radical (unpaired) electrons. The van der Waals surface area contributed by atoms with Crippen LogP contribution in [0.25, 0.3) is 0 Å². The summed E-state index contributed by atoms with van der Waals surface area (Å²) in [5, 5.41) is 6.99. The van der Waals surface area contributed by atoms with Crippen molar-refractivity contribution in [1.29, 1.82) is 0 Å². The van der Waals surface area contributed by atoms with Gasteiger partial charge in [-0.25, -0.2) is 0 Å². The molecule has 1 unspecified atom stereocenters. The summed E-state index contributed by atoms with van der Waals surface area (Å²) < 4.78 is 0. The molecule has 1 aliphatic heterocycles. The van der Waals surface area contributed by atoms with Gasteiger partial charge in [0.15, 0.2) is 0 Å². The predicted molar refractivity (Wildman–Crippen MR) is 57.1 cm³/mol. The first-order valence-electron chi connectivity index (χ1n) is 5.45. The Morgan fingerprint density at radius 2 is 2.38 bits per heavy atom. The number of rotatable bonds is 5. The molecule has 0 amide bonds. The third-order valence-corrected chi connectivity index (χ3v) is 2.76. The number of nitrogens with zero attached hydrogens (tertiary/aromatic N) is 1. The van der Waals surface area contributed by atoms with Crippen LogP contribution >= 0.6 is 0 Å². The number of piperidine rings is 1. The topological polar surface area (TPSA) is 27.3 Å². The first-order chi connectivity index (χ1) is 6.33. The first kappa shape index (κ1) is 11.0. The Hall–Kier alpha value is -0.120. The SMILES string of the molecule is CCN(C)CCNC1CCCNC1. The predicted octanol–water partition coefficient (Wildman–Crippen LogP) is 0.280. The summed E-state index contributed by atoms with van der Waals surface area (Å²) in [6.07, 6.45) is 2.66. The molecule has 3 nitrogen and oxygen atoms in total. The second kappa shape index (κ2) is 6.35. The van der Waals surface area contributed by atoms with E-state index in [1.54, 1.807) is 0 Å². The van der Waals surface area contributed by atoms with Gasteiger partial charge in [0.2, 0.25) is 0 Å². The lowest BCUT2D eigenvalue weighted by atomic mass is 10.1. The molecule has 2 N–H and O–H groups in total. The molecule has 1 aliphatic rings. The molecule has 1 atom stereocenters. The summed E-state index contributed by atoms with van der Waals surface area (Å²) in [5.41, 5.74) is 0. The molecule has 0 aromatic carbocycles. The molecule has 0 spiro atoms. The van der Waals surface area contributed by atoms with Gasteiger partial charge in [0.25, 0.3) is 0 Å². The van der Waals surface area contributed by atoms with Crippen LogP contribution in [0.1, 0.15) is 19.8 Å². The van der Waals surface area contributed by atoms with E-state index >= 15 is 0 Å². The number of hydrogen-bond acceptors (Lipinski definition) is 3. The van der Waals surface area contributed by atoms with E-state index in [4.69, 9.17) is 0 Å². The minimum atomic E-state index is 0.707. The Bertz CT molecular complexity index is 121. The van der Waals surface area contributed by atoms with E-state index in [-0.39, 0.29) is 0 Å². The molecule has 3 heteroatoms. The van der Waals surface area contributed by atoms with Gasteiger partial charge in [-0.1, -0.05) is 6.92 Å². The smallest absolute Gasteiger partial charge is 0.0193 e. The van der Waals surface area contributed by atoms with E-state index in [1.807, 2.05) is 0 Å². The molecule has 0 bridgehead atoms. The highest BCUT2D eigenvalue weighted by atomic mass is 15.1. The Morgan fingerprint density at radius 1 is 1.54 bits per heavy atom. The van der Waals surface area contributed by atoms with Crippen molar-refractivity contribution in [3.63, 3.8) is 0 Å². The molecular weight excluding hydrogens is 162 g/mol. The molecule has 0 aromatic rings. The Labute approximate surface area is 81.9 Å². The number of nitrogens with one attached hydrogen (secondary N) is 2. The normalized spacial score (nSPS) is 23.8. The minimum absolute atomic E-state index is 0.707. The zero-order valence-corrected chi connectivity index (χ0v) is 8.97. The van der Waals surface area contributed by atoms with Gasteiger partial charge < -0.3 is 15.5 Å². The monoisotopic (exact) mass is 185 g/mol. The lowest BCUT2D eigenvalue weighted by molar-refractivity contribution is 0.322. The van der Waals surface area contributed by atoms with E-state index in [1.165, 1.54) is 19.4 Å². The Morgan fingerprint density at radius 3 is 3.00 bits per heavy atom. The fourth-order valence-corrected chi connectivity index (χ4v) is 1.64. The number of hydrogen-bond donors (Lipinski definition) is 2. The van der Waals surface area contributed by atoms with Gasteiger partial charge in [-0.2, -0.15) is 0 Å². The zero-order valence-electron chi connectivity index (χ0n) is 8.97. The van der Waals surface area contributed by atoms with E-state index in [9.17, 15) is 0 Å². The highest BCUT2D eigenvalue weighted by molar-refractivity contribution is 4.74. The molecule has 1 rings (SSSR count). The lowest BCUT2D eigenvalue weighted by Crippen LogP contribution is -2.45. The summed E-state index contributed by atoms with van der Waals surface area (Å²) in [6, 6.07) is 0.707. The lowest BCUT2D eigenvalue weighted by Gasteiger charge is -2.25. The average Bonchev–Trinajstić information content (AvgIpc) is 2.19. The highest BCUT2D eigenvalue weighted by Crippen LogP contribution is 2.00. The zero-order chi connectivity index (χ0) is 9.52. The standard InChI is InChI=1S/C10H23N3/c1-3-13(2)8-7-12-10-5-4-6-11-9-10/h10-12H,3-9H2,1-2H3. The van der Waals surface area contributed by atoms with Crippen molar-refractivity contribution in [2.24, 2.45) is 0 Å². The maximum Gasteiger partial charge on any atom is 0.0193 e. The van der Waals surface area contributed by atoms with Gasteiger partial charge in [0.05, 0.1) is 0 Å². The van der Waals surface area contributed by atoms with Crippen LogP contribution in [0.2, 0.25) is 0 Å². The largest absolute Gasteiger partial charge is 0.315 e. The highest BCUT2D eigenvalue weighted by Gasteiger charge is 2.11. The molecule has 0 aliphatic carbocycles. The summed E-state index contributed by atoms with van der Waals surface area (Å²) in [6.45, 7) is 7.97. The molecule has 1 heterocycles. The average molecular weight is 185 g/mol. The Balaban J connectivity index is 1.98. The summed E-state index contributed by atoms with van der Waals surface area (Å²) in [5.74, 6) is 0. The second-order valence-corrected chi connectivity index (χ2v) is 3.89. The van der Waals surface area contributed by atoms with Crippen molar-refractivity contribution < 1.29 is 0 Å². The molecule has 13 heavy (non-hydrogen) atoms. The van der Waals surface area contributed by atoms with Crippen molar-refractivity contribution in [2.75, 3.05) is 39.8 Å². The maximum absolute atomic E-state index is 3.58. The summed E-state index contributed by atoms with van der Waals surface area (Å²) in [4.78, 5) is 2.34. The van der Waals surface area contributed by atoms with Gasteiger partial charge in [0, 0.05) is 25.7 Å². The van der Waals surface area contributed by atoms with Crippen LogP contribution in [-0.2, 0) is 0 Å². The molecule has 0 saturated carbocycles. The van der Waals surface area contributed by atoms with Crippen LogP contribution in [0, 0.1) is 0 Å². The minimum Gasteiger partial charge on any atom is -0.315 e. The second-order valence-electron chi connectivity index (χ2n) is 3.89. The van der Waals surface area contributed by atoms with Crippen LogP contribution < -0.4 is 10.6 Å². The van der Waals surface area contributed by atoms with Gasteiger partial charge in [-0.3, -0.25) is 0 Å². The van der Waals surface area contributed by atoms with Crippen molar-refractivity contribution in [1.82, 2.24) is 15.5 Å². The molecular formula is C10H23N3. The molecule has 1 fully saturated rings.